The van der Waals surface area contributed by atoms with E-state index in [9.17, 15) is 0 Å². The van der Waals surface area contributed by atoms with Crippen molar-refractivity contribution in [3.63, 3.8) is 0 Å². The van der Waals surface area contributed by atoms with Crippen LogP contribution in [-0.4, -0.2) is 9.13 Å². The summed E-state index contributed by atoms with van der Waals surface area (Å²) in [5, 5.41) is 5.79. The van der Waals surface area contributed by atoms with Crippen molar-refractivity contribution >= 4 is 45.4 Å². The monoisotopic (exact) mass is 530 g/mol. The third kappa shape index (κ3) is 4.32. The molecule has 0 fully saturated rings. The van der Waals surface area contributed by atoms with Gasteiger partial charge in [0.2, 0.25) is 0 Å². The average Bonchev–Trinajstić information content (AvgIpc) is 3.50. The van der Waals surface area contributed by atoms with Crippen LogP contribution in [-0.2, 0) is 0 Å². The second kappa shape index (κ2) is 10.4. The molecule has 198 valence electrons. The SMILES string of the molecule is C=c1/c(=C\C=C/CC)n(-c2ccc(Oc3ccc(-n4c5ccccc5c5ccccc54)cc3)cc2)c2ccccc12. The van der Waals surface area contributed by atoms with Crippen LogP contribution in [0.15, 0.2) is 133 Å². The molecule has 2 aromatic heterocycles. The van der Waals surface area contributed by atoms with Gasteiger partial charge in [0.1, 0.15) is 11.5 Å². The molecule has 0 saturated heterocycles. The molecule has 0 N–H and O–H groups in total. The zero-order valence-corrected chi connectivity index (χ0v) is 23.0. The number of allylic oxidation sites excluding steroid dienone is 2. The Morgan fingerprint density at radius 3 is 1.59 bits per heavy atom. The molecule has 0 bridgehead atoms. The van der Waals surface area contributed by atoms with E-state index in [1.165, 1.54) is 21.8 Å². The summed E-state index contributed by atoms with van der Waals surface area (Å²) in [5.74, 6) is 1.59. The first-order valence-corrected chi connectivity index (χ1v) is 14.0. The second-order valence-corrected chi connectivity index (χ2v) is 10.2. The number of hydrogen-bond acceptors (Lipinski definition) is 1. The van der Waals surface area contributed by atoms with E-state index < -0.39 is 0 Å². The molecule has 0 aliphatic carbocycles. The minimum absolute atomic E-state index is 0.793. The lowest BCUT2D eigenvalue weighted by molar-refractivity contribution is 0.482. The van der Waals surface area contributed by atoms with Crippen LogP contribution in [0.4, 0.5) is 0 Å². The Labute approximate surface area is 239 Å². The van der Waals surface area contributed by atoms with Crippen LogP contribution in [0.5, 0.6) is 11.5 Å². The first kappa shape index (κ1) is 24.7. The summed E-state index contributed by atoms with van der Waals surface area (Å²) in [6.07, 6.45) is 7.41. The fourth-order valence-corrected chi connectivity index (χ4v) is 5.74. The van der Waals surface area contributed by atoms with Gasteiger partial charge >= 0.3 is 0 Å². The number of fused-ring (bicyclic) bond motifs is 4. The Kier molecular flexibility index (Phi) is 6.25. The molecular formula is C38H30N2O. The third-order valence-electron chi connectivity index (χ3n) is 7.65. The topological polar surface area (TPSA) is 19.1 Å². The van der Waals surface area contributed by atoms with E-state index in [2.05, 4.69) is 138 Å². The Balaban J connectivity index is 1.20. The first-order valence-electron chi connectivity index (χ1n) is 14.0. The first-order chi connectivity index (χ1) is 20.2. The lowest BCUT2D eigenvalue weighted by Crippen LogP contribution is -2.26. The van der Waals surface area contributed by atoms with Crippen molar-refractivity contribution in [2.24, 2.45) is 0 Å². The molecule has 41 heavy (non-hydrogen) atoms. The predicted octanol–water partition coefficient (Wildman–Crippen LogP) is 8.68. The molecule has 5 aromatic carbocycles. The second-order valence-electron chi connectivity index (χ2n) is 10.2. The number of nitrogens with zero attached hydrogens (tertiary/aromatic N) is 2. The number of aromatic nitrogens is 2. The molecule has 0 radical (unpaired) electrons. The summed E-state index contributed by atoms with van der Waals surface area (Å²) in [6, 6.07) is 42.1. The highest BCUT2D eigenvalue weighted by Crippen LogP contribution is 2.33. The van der Waals surface area contributed by atoms with Crippen LogP contribution < -0.4 is 15.3 Å². The van der Waals surface area contributed by atoms with Gasteiger partial charge in [0, 0.05) is 32.8 Å². The average molecular weight is 531 g/mol. The number of hydrogen-bond donors (Lipinski definition) is 0. The van der Waals surface area contributed by atoms with Gasteiger partial charge < -0.3 is 13.9 Å². The zero-order chi connectivity index (χ0) is 27.8. The van der Waals surface area contributed by atoms with Gasteiger partial charge in [-0.1, -0.05) is 80.3 Å². The number of rotatable bonds is 6. The van der Waals surface area contributed by atoms with E-state index in [0.717, 1.165) is 50.8 Å². The van der Waals surface area contributed by atoms with Crippen molar-refractivity contribution in [3.8, 4) is 22.9 Å². The largest absolute Gasteiger partial charge is 0.457 e. The highest BCUT2D eigenvalue weighted by atomic mass is 16.5. The Morgan fingerprint density at radius 1 is 0.585 bits per heavy atom. The summed E-state index contributed by atoms with van der Waals surface area (Å²) in [6.45, 7) is 6.53. The number of para-hydroxylation sites is 3. The van der Waals surface area contributed by atoms with Crippen molar-refractivity contribution in [1.82, 2.24) is 9.13 Å². The van der Waals surface area contributed by atoms with Crippen molar-refractivity contribution in [1.29, 1.82) is 0 Å². The van der Waals surface area contributed by atoms with Crippen LogP contribution >= 0.6 is 0 Å². The Morgan fingerprint density at radius 2 is 1.05 bits per heavy atom. The fraction of sp³-hybridized carbons (Fsp3) is 0.0526. The minimum Gasteiger partial charge on any atom is -0.457 e. The maximum Gasteiger partial charge on any atom is 0.127 e. The molecule has 0 aliphatic heterocycles. The Bertz CT molecular complexity index is 2110. The summed E-state index contributed by atoms with van der Waals surface area (Å²) in [5.41, 5.74) is 5.71. The fourth-order valence-electron chi connectivity index (χ4n) is 5.74. The van der Waals surface area contributed by atoms with Gasteiger partial charge in [-0.15, -0.1) is 0 Å². The van der Waals surface area contributed by atoms with E-state index in [1.54, 1.807) is 0 Å². The summed E-state index contributed by atoms with van der Waals surface area (Å²) < 4.78 is 10.8. The van der Waals surface area contributed by atoms with E-state index >= 15 is 0 Å². The van der Waals surface area contributed by atoms with Gasteiger partial charge in [-0.2, -0.15) is 0 Å². The normalized spacial score (nSPS) is 12.3. The van der Waals surface area contributed by atoms with E-state index in [0.29, 0.717) is 0 Å². The molecule has 7 aromatic rings. The molecule has 0 saturated carbocycles. The lowest BCUT2D eigenvalue weighted by Gasteiger charge is -2.11. The quantitative estimate of drug-likeness (QED) is 0.210. The van der Waals surface area contributed by atoms with E-state index in [1.807, 2.05) is 24.3 Å². The van der Waals surface area contributed by atoms with Crippen molar-refractivity contribution < 1.29 is 4.74 Å². The van der Waals surface area contributed by atoms with Gasteiger partial charge in [0.05, 0.1) is 21.9 Å². The molecule has 7 rings (SSSR count). The van der Waals surface area contributed by atoms with Gasteiger partial charge in [-0.3, -0.25) is 0 Å². The van der Waals surface area contributed by atoms with Gasteiger partial charge in [-0.05, 0) is 79.2 Å². The molecule has 0 atom stereocenters. The molecule has 3 nitrogen and oxygen atoms in total. The molecule has 0 amide bonds. The minimum atomic E-state index is 0.793. The van der Waals surface area contributed by atoms with Crippen LogP contribution in [0.1, 0.15) is 13.3 Å². The van der Waals surface area contributed by atoms with Crippen LogP contribution in [0.25, 0.3) is 56.7 Å². The number of ether oxygens (including phenoxy) is 1. The third-order valence-corrected chi connectivity index (χ3v) is 7.65. The maximum absolute atomic E-state index is 6.27. The van der Waals surface area contributed by atoms with Crippen LogP contribution in [0.3, 0.4) is 0 Å². The van der Waals surface area contributed by atoms with E-state index in [4.69, 9.17) is 4.74 Å². The lowest BCUT2D eigenvalue weighted by atomic mass is 10.2. The Hall–Kier alpha value is -5.28. The van der Waals surface area contributed by atoms with Crippen molar-refractivity contribution in [2.75, 3.05) is 0 Å². The molecular weight excluding hydrogens is 500 g/mol. The van der Waals surface area contributed by atoms with Gasteiger partial charge in [-0.25, -0.2) is 0 Å². The number of benzene rings is 5. The standard InChI is InChI=1S/C38H30N2O/c1-3-4-5-15-35-27(2)32-12-6-9-16-36(32)39(35)28-19-23-30(24-20-28)41-31-25-21-29(22-26-31)40-37-17-10-7-13-33(37)34-14-8-11-18-38(34)40/h4-26H,2-3H2,1H3/b5-4-,35-15+. The molecule has 0 aliphatic rings. The molecule has 2 heterocycles. The van der Waals surface area contributed by atoms with Crippen LogP contribution in [0.2, 0.25) is 0 Å². The van der Waals surface area contributed by atoms with E-state index in [-0.39, 0.29) is 0 Å². The van der Waals surface area contributed by atoms with Crippen molar-refractivity contribution in [2.45, 2.75) is 13.3 Å². The molecule has 0 spiro atoms. The molecule has 0 unspecified atom stereocenters. The highest BCUT2D eigenvalue weighted by molar-refractivity contribution is 6.09. The zero-order valence-electron chi connectivity index (χ0n) is 23.0. The highest BCUT2D eigenvalue weighted by Gasteiger charge is 2.12. The van der Waals surface area contributed by atoms with Crippen molar-refractivity contribution in [3.05, 3.63) is 144 Å². The summed E-state index contributed by atoms with van der Waals surface area (Å²) >= 11 is 0. The smallest absolute Gasteiger partial charge is 0.127 e. The summed E-state index contributed by atoms with van der Waals surface area (Å²) in [4.78, 5) is 0. The van der Waals surface area contributed by atoms with Gasteiger partial charge in [0.25, 0.3) is 0 Å². The summed E-state index contributed by atoms with van der Waals surface area (Å²) in [7, 11) is 0. The van der Waals surface area contributed by atoms with Crippen LogP contribution in [0, 0.1) is 0 Å². The predicted molar refractivity (Wildman–Crippen MR) is 173 cm³/mol. The van der Waals surface area contributed by atoms with Gasteiger partial charge in [0.15, 0.2) is 0 Å². The maximum atomic E-state index is 6.27. The molecule has 3 heteroatoms.